The maximum atomic E-state index is 12.8. The standard InChI is InChI=1S/C21H20ClN3O3S/c1-13-4-6-17(14(2)10-13)24-19(26)12-29-20-21(27)25(9-8-23-20)15-5-7-18(28-3)16(22)11-15/h4-11H,12H2,1-3H3,(H,24,26). The zero-order valence-electron chi connectivity index (χ0n) is 16.2. The summed E-state index contributed by atoms with van der Waals surface area (Å²) in [7, 11) is 1.53. The van der Waals surface area contributed by atoms with Gasteiger partial charge in [0.2, 0.25) is 5.91 Å². The lowest BCUT2D eigenvalue weighted by Crippen LogP contribution is -2.22. The van der Waals surface area contributed by atoms with Gasteiger partial charge in [-0.05, 0) is 43.7 Å². The van der Waals surface area contributed by atoms with Gasteiger partial charge in [0.25, 0.3) is 5.56 Å². The third-order valence-electron chi connectivity index (χ3n) is 4.22. The number of hydrogen-bond acceptors (Lipinski definition) is 5. The van der Waals surface area contributed by atoms with Crippen LogP contribution in [0.15, 0.2) is 58.6 Å². The third kappa shape index (κ3) is 4.99. The molecule has 150 valence electrons. The first-order chi connectivity index (χ1) is 13.9. The van der Waals surface area contributed by atoms with Gasteiger partial charge in [-0.1, -0.05) is 41.1 Å². The maximum Gasteiger partial charge on any atom is 0.287 e. The number of methoxy groups -OCH3 is 1. The Morgan fingerprint density at radius 3 is 2.72 bits per heavy atom. The summed E-state index contributed by atoms with van der Waals surface area (Å²) >= 11 is 7.25. The number of nitrogens with zero attached hydrogens (tertiary/aromatic N) is 2. The predicted molar refractivity (Wildman–Crippen MR) is 117 cm³/mol. The number of aryl methyl sites for hydroxylation is 2. The summed E-state index contributed by atoms with van der Waals surface area (Å²) < 4.78 is 6.57. The summed E-state index contributed by atoms with van der Waals surface area (Å²) in [5.41, 5.74) is 3.14. The van der Waals surface area contributed by atoms with Crippen molar-refractivity contribution in [2.24, 2.45) is 0 Å². The molecule has 1 N–H and O–H groups in total. The molecule has 2 aromatic carbocycles. The van der Waals surface area contributed by atoms with Crippen molar-refractivity contribution in [3.05, 3.63) is 75.3 Å². The number of benzene rings is 2. The van der Waals surface area contributed by atoms with Crippen molar-refractivity contribution in [3.63, 3.8) is 0 Å². The van der Waals surface area contributed by atoms with Gasteiger partial charge in [0, 0.05) is 18.1 Å². The van der Waals surface area contributed by atoms with Gasteiger partial charge < -0.3 is 10.1 Å². The molecule has 0 aliphatic heterocycles. The van der Waals surface area contributed by atoms with Gasteiger partial charge >= 0.3 is 0 Å². The van der Waals surface area contributed by atoms with Gasteiger partial charge in [0.05, 0.1) is 23.6 Å². The number of hydrogen-bond donors (Lipinski definition) is 1. The lowest BCUT2D eigenvalue weighted by Gasteiger charge is -2.10. The fraction of sp³-hybridized carbons (Fsp3) is 0.190. The molecular weight excluding hydrogens is 410 g/mol. The van der Waals surface area contributed by atoms with E-state index >= 15 is 0 Å². The molecule has 0 unspecified atom stereocenters. The molecule has 1 aromatic heterocycles. The highest BCUT2D eigenvalue weighted by Gasteiger charge is 2.12. The lowest BCUT2D eigenvalue weighted by molar-refractivity contribution is -0.113. The van der Waals surface area contributed by atoms with Crippen LogP contribution in [0.5, 0.6) is 5.75 Å². The van der Waals surface area contributed by atoms with Crippen molar-refractivity contribution in [2.45, 2.75) is 18.9 Å². The second kappa shape index (κ2) is 9.15. The maximum absolute atomic E-state index is 12.8. The quantitative estimate of drug-likeness (QED) is 0.593. The van der Waals surface area contributed by atoms with Gasteiger partial charge in [0.1, 0.15) is 5.75 Å². The molecule has 0 saturated carbocycles. The van der Waals surface area contributed by atoms with Crippen molar-refractivity contribution >= 4 is 35.0 Å². The summed E-state index contributed by atoms with van der Waals surface area (Å²) in [5, 5.41) is 3.50. The van der Waals surface area contributed by atoms with Gasteiger partial charge in [-0.2, -0.15) is 0 Å². The molecule has 0 atom stereocenters. The zero-order valence-corrected chi connectivity index (χ0v) is 17.8. The van der Waals surface area contributed by atoms with Crippen LogP contribution in [-0.4, -0.2) is 28.3 Å². The molecule has 29 heavy (non-hydrogen) atoms. The SMILES string of the molecule is COc1ccc(-n2ccnc(SCC(=O)Nc3ccc(C)cc3C)c2=O)cc1Cl. The van der Waals surface area contributed by atoms with Crippen molar-refractivity contribution in [2.75, 3.05) is 18.2 Å². The summed E-state index contributed by atoms with van der Waals surface area (Å²) in [6, 6.07) is 10.9. The van der Waals surface area contributed by atoms with Crippen LogP contribution in [0.2, 0.25) is 5.02 Å². The summed E-state index contributed by atoms with van der Waals surface area (Å²) in [4.78, 5) is 29.2. The summed E-state index contributed by atoms with van der Waals surface area (Å²) in [6.45, 7) is 3.93. The number of carbonyl (C=O) groups excluding carboxylic acids is 1. The van der Waals surface area contributed by atoms with Crippen LogP contribution in [0.1, 0.15) is 11.1 Å². The van der Waals surface area contributed by atoms with Gasteiger partial charge in [-0.3, -0.25) is 14.2 Å². The Hall–Kier alpha value is -2.77. The molecule has 0 fully saturated rings. The minimum absolute atomic E-state index is 0.0724. The molecule has 0 radical (unpaired) electrons. The smallest absolute Gasteiger partial charge is 0.287 e. The number of aromatic nitrogens is 2. The molecule has 1 heterocycles. The lowest BCUT2D eigenvalue weighted by atomic mass is 10.1. The van der Waals surface area contributed by atoms with E-state index in [-0.39, 0.29) is 22.2 Å². The molecule has 3 aromatic rings. The van der Waals surface area contributed by atoms with E-state index in [0.717, 1.165) is 28.6 Å². The monoisotopic (exact) mass is 429 g/mol. The molecular formula is C21H20ClN3O3S. The van der Waals surface area contributed by atoms with Crippen LogP contribution >= 0.6 is 23.4 Å². The minimum atomic E-state index is -0.321. The van der Waals surface area contributed by atoms with Gasteiger partial charge in [-0.25, -0.2) is 4.98 Å². The van der Waals surface area contributed by atoms with Gasteiger partial charge in [-0.15, -0.1) is 0 Å². The summed E-state index contributed by atoms with van der Waals surface area (Å²) in [5.74, 6) is 0.393. The second-order valence-electron chi connectivity index (χ2n) is 6.38. The van der Waals surface area contributed by atoms with Crippen molar-refractivity contribution in [1.82, 2.24) is 9.55 Å². The Kier molecular flexibility index (Phi) is 6.61. The zero-order chi connectivity index (χ0) is 21.0. The average Bonchev–Trinajstić information content (AvgIpc) is 2.69. The van der Waals surface area contributed by atoms with Crippen molar-refractivity contribution in [3.8, 4) is 11.4 Å². The third-order valence-corrected chi connectivity index (χ3v) is 5.47. The molecule has 0 bridgehead atoms. The fourth-order valence-corrected chi connectivity index (χ4v) is 3.72. The van der Waals surface area contributed by atoms with Crippen LogP contribution in [0.3, 0.4) is 0 Å². The van der Waals surface area contributed by atoms with E-state index in [1.807, 2.05) is 32.0 Å². The summed E-state index contributed by atoms with van der Waals surface area (Å²) in [6.07, 6.45) is 3.07. The molecule has 0 spiro atoms. The number of amides is 1. The molecule has 3 rings (SSSR count). The highest BCUT2D eigenvalue weighted by Crippen LogP contribution is 2.26. The van der Waals surface area contributed by atoms with E-state index in [1.165, 1.54) is 17.9 Å². The normalized spacial score (nSPS) is 10.6. The Labute approximate surface area is 177 Å². The molecule has 0 aliphatic carbocycles. The van der Waals surface area contributed by atoms with E-state index < -0.39 is 0 Å². The first kappa shape index (κ1) is 21.0. The Balaban J connectivity index is 1.73. The molecule has 8 heteroatoms. The number of rotatable bonds is 6. The fourth-order valence-electron chi connectivity index (χ4n) is 2.78. The highest BCUT2D eigenvalue weighted by atomic mass is 35.5. The van der Waals surface area contributed by atoms with Crippen molar-refractivity contribution < 1.29 is 9.53 Å². The highest BCUT2D eigenvalue weighted by molar-refractivity contribution is 7.99. The first-order valence-electron chi connectivity index (χ1n) is 8.80. The first-order valence-corrected chi connectivity index (χ1v) is 10.2. The Morgan fingerprint density at radius 2 is 2.03 bits per heavy atom. The van der Waals surface area contributed by atoms with Crippen LogP contribution in [0.25, 0.3) is 5.69 Å². The molecule has 6 nitrogen and oxygen atoms in total. The van der Waals surface area contributed by atoms with E-state index in [1.54, 1.807) is 24.4 Å². The second-order valence-corrected chi connectivity index (χ2v) is 7.75. The van der Waals surface area contributed by atoms with E-state index in [9.17, 15) is 9.59 Å². The van der Waals surface area contributed by atoms with Crippen LogP contribution in [0.4, 0.5) is 5.69 Å². The molecule has 1 amide bonds. The topological polar surface area (TPSA) is 73.2 Å². The van der Waals surface area contributed by atoms with E-state index in [4.69, 9.17) is 16.3 Å². The van der Waals surface area contributed by atoms with Crippen LogP contribution in [0, 0.1) is 13.8 Å². The Bertz CT molecular complexity index is 1110. The molecule has 0 aliphatic rings. The Morgan fingerprint density at radius 1 is 1.24 bits per heavy atom. The van der Waals surface area contributed by atoms with Crippen LogP contribution in [-0.2, 0) is 4.79 Å². The average molecular weight is 430 g/mol. The number of ether oxygens (including phenoxy) is 1. The number of anilines is 1. The number of halogens is 1. The van der Waals surface area contributed by atoms with E-state index in [0.29, 0.717) is 16.5 Å². The largest absolute Gasteiger partial charge is 0.495 e. The predicted octanol–water partition coefficient (Wildman–Crippen LogP) is 4.24. The van der Waals surface area contributed by atoms with Crippen molar-refractivity contribution in [1.29, 1.82) is 0 Å². The molecule has 0 saturated heterocycles. The van der Waals surface area contributed by atoms with Crippen LogP contribution < -0.4 is 15.6 Å². The number of nitrogens with one attached hydrogen (secondary N) is 1. The minimum Gasteiger partial charge on any atom is -0.495 e. The van der Waals surface area contributed by atoms with Gasteiger partial charge in [0.15, 0.2) is 5.03 Å². The number of carbonyl (C=O) groups is 1. The van der Waals surface area contributed by atoms with E-state index in [2.05, 4.69) is 10.3 Å². The number of thioether (sulfide) groups is 1.